The molecule has 2 aromatic rings. The molecule has 0 radical (unpaired) electrons. The zero-order valence-corrected chi connectivity index (χ0v) is 17.1. The Morgan fingerprint density at radius 2 is 1.75 bits per heavy atom. The van der Waals surface area contributed by atoms with Crippen LogP contribution in [-0.4, -0.2) is 50.6 Å². The molecule has 0 aliphatic heterocycles. The monoisotopic (exact) mass is 461 g/mol. The largest absolute Gasteiger partial charge is 0.493 e. The van der Waals surface area contributed by atoms with Crippen molar-refractivity contribution in [3.8, 4) is 11.5 Å². The summed E-state index contributed by atoms with van der Waals surface area (Å²) < 4.78 is 73.8. The van der Waals surface area contributed by atoms with Gasteiger partial charge in [-0.05, 0) is 36.9 Å². The van der Waals surface area contributed by atoms with Crippen LogP contribution in [0.25, 0.3) is 0 Å². The van der Waals surface area contributed by atoms with Gasteiger partial charge in [0.05, 0.1) is 25.9 Å². The molecule has 0 aliphatic carbocycles. The number of carbonyl (C=O) groups is 2. The number of ether oxygens (including phenoxy) is 2. The van der Waals surface area contributed by atoms with E-state index in [9.17, 15) is 31.5 Å². The molecule has 0 fully saturated rings. The normalized spacial score (nSPS) is 10.9. The minimum Gasteiger partial charge on any atom is -0.493 e. The van der Waals surface area contributed by atoms with Crippen LogP contribution in [0.5, 0.6) is 11.5 Å². The van der Waals surface area contributed by atoms with E-state index in [1.54, 1.807) is 11.9 Å². The molecular formula is C20H20F5N3O4. The van der Waals surface area contributed by atoms with E-state index in [1.165, 1.54) is 25.3 Å². The van der Waals surface area contributed by atoms with Crippen molar-refractivity contribution in [1.82, 2.24) is 10.2 Å². The number of alkyl halides is 2. The Labute approximate surface area is 180 Å². The van der Waals surface area contributed by atoms with Crippen molar-refractivity contribution in [2.45, 2.75) is 13.2 Å². The van der Waals surface area contributed by atoms with Gasteiger partial charge in [0.2, 0.25) is 11.8 Å². The van der Waals surface area contributed by atoms with Gasteiger partial charge >= 0.3 is 6.61 Å². The SMILES string of the molecule is COc1cc(CN(C)CC(=O)NCC(=O)Nc2ccc(F)c(F)c2F)ccc1OC(F)F. The van der Waals surface area contributed by atoms with Crippen LogP contribution < -0.4 is 20.1 Å². The second-order valence-corrected chi connectivity index (χ2v) is 6.58. The van der Waals surface area contributed by atoms with Crippen LogP contribution in [0.1, 0.15) is 5.56 Å². The van der Waals surface area contributed by atoms with Crippen LogP contribution in [-0.2, 0) is 16.1 Å². The summed E-state index contributed by atoms with van der Waals surface area (Å²) in [7, 11) is 2.90. The molecule has 0 spiro atoms. The van der Waals surface area contributed by atoms with Crippen molar-refractivity contribution in [2.75, 3.05) is 32.6 Å². The zero-order chi connectivity index (χ0) is 23.8. The highest BCUT2D eigenvalue weighted by molar-refractivity contribution is 5.94. The zero-order valence-electron chi connectivity index (χ0n) is 17.1. The minimum atomic E-state index is -3.00. The molecule has 7 nitrogen and oxygen atoms in total. The maximum absolute atomic E-state index is 13.6. The van der Waals surface area contributed by atoms with Crippen molar-refractivity contribution < 1.29 is 41.0 Å². The van der Waals surface area contributed by atoms with Crippen molar-refractivity contribution in [3.63, 3.8) is 0 Å². The summed E-state index contributed by atoms with van der Waals surface area (Å²) in [5.74, 6) is -6.09. The van der Waals surface area contributed by atoms with Gasteiger partial charge in [-0.1, -0.05) is 6.07 Å². The molecule has 2 aromatic carbocycles. The number of anilines is 1. The van der Waals surface area contributed by atoms with E-state index in [0.717, 1.165) is 6.07 Å². The predicted octanol–water partition coefficient (Wildman–Crippen LogP) is 2.90. The Bertz CT molecular complexity index is 974. The molecule has 0 aliphatic rings. The molecule has 0 atom stereocenters. The second kappa shape index (κ2) is 11.3. The highest BCUT2D eigenvalue weighted by atomic mass is 19.3. The van der Waals surface area contributed by atoms with Crippen molar-refractivity contribution >= 4 is 17.5 Å². The molecule has 0 saturated heterocycles. The van der Waals surface area contributed by atoms with E-state index >= 15 is 0 Å². The number of carbonyl (C=O) groups excluding carboxylic acids is 2. The van der Waals surface area contributed by atoms with Crippen molar-refractivity contribution in [2.24, 2.45) is 0 Å². The fraction of sp³-hybridized carbons (Fsp3) is 0.300. The van der Waals surface area contributed by atoms with Gasteiger partial charge in [-0.25, -0.2) is 13.2 Å². The molecule has 2 rings (SSSR count). The number of benzene rings is 2. The number of halogens is 5. The smallest absolute Gasteiger partial charge is 0.387 e. The lowest BCUT2D eigenvalue weighted by Crippen LogP contribution is -2.39. The predicted molar refractivity (Wildman–Crippen MR) is 104 cm³/mol. The minimum absolute atomic E-state index is 0.0989. The number of likely N-dealkylation sites (N-methyl/N-ethyl adjacent to an activating group) is 1. The molecule has 0 heterocycles. The van der Waals surface area contributed by atoms with E-state index in [-0.39, 0.29) is 24.6 Å². The Hall–Kier alpha value is -3.41. The van der Waals surface area contributed by atoms with Gasteiger partial charge in [-0.2, -0.15) is 8.78 Å². The van der Waals surface area contributed by atoms with Gasteiger partial charge in [-0.15, -0.1) is 0 Å². The molecule has 2 amide bonds. The Kier molecular flexibility index (Phi) is 8.76. The maximum atomic E-state index is 13.6. The first kappa shape index (κ1) is 24.9. The van der Waals surface area contributed by atoms with Gasteiger partial charge in [0.15, 0.2) is 29.0 Å². The summed E-state index contributed by atoms with van der Waals surface area (Å²) in [5.41, 5.74) is 0.0822. The summed E-state index contributed by atoms with van der Waals surface area (Å²) in [6, 6.07) is 5.83. The number of rotatable bonds is 10. The Morgan fingerprint density at radius 1 is 1.03 bits per heavy atom. The van der Waals surface area contributed by atoms with E-state index < -0.39 is 48.1 Å². The average molecular weight is 461 g/mol. The van der Waals surface area contributed by atoms with E-state index in [0.29, 0.717) is 11.6 Å². The van der Waals surface area contributed by atoms with Gasteiger partial charge in [0.1, 0.15) is 0 Å². The Balaban J connectivity index is 1.84. The van der Waals surface area contributed by atoms with Crippen LogP contribution in [0, 0.1) is 17.5 Å². The van der Waals surface area contributed by atoms with E-state index in [4.69, 9.17) is 4.74 Å². The number of nitrogens with zero attached hydrogens (tertiary/aromatic N) is 1. The summed E-state index contributed by atoms with van der Waals surface area (Å²) in [6.45, 7) is -3.43. The standard InChI is InChI=1S/C20H20F5N3O4/c1-28(9-11-3-6-14(32-20(24)25)15(7-11)31-2)10-17(30)26-8-16(29)27-13-5-4-12(21)18(22)19(13)23/h3-7,20H,8-10H2,1-2H3,(H,26,30)(H,27,29). The molecule has 32 heavy (non-hydrogen) atoms. The van der Waals surface area contributed by atoms with Crippen LogP contribution in [0.2, 0.25) is 0 Å². The van der Waals surface area contributed by atoms with Gasteiger partial charge in [0, 0.05) is 6.54 Å². The van der Waals surface area contributed by atoms with Gasteiger partial charge in [0.25, 0.3) is 0 Å². The molecule has 0 saturated carbocycles. The topological polar surface area (TPSA) is 79.9 Å². The first-order chi connectivity index (χ1) is 15.1. The third kappa shape index (κ3) is 7.08. The van der Waals surface area contributed by atoms with E-state index in [1.807, 2.05) is 5.32 Å². The Morgan fingerprint density at radius 3 is 2.41 bits per heavy atom. The van der Waals surface area contributed by atoms with Crippen LogP contribution in [0.15, 0.2) is 30.3 Å². The maximum Gasteiger partial charge on any atom is 0.387 e. The summed E-state index contributed by atoms with van der Waals surface area (Å²) in [5, 5.41) is 4.34. The van der Waals surface area contributed by atoms with Crippen LogP contribution in [0.3, 0.4) is 0 Å². The first-order valence-electron chi connectivity index (χ1n) is 9.11. The third-order valence-electron chi connectivity index (χ3n) is 4.07. The van der Waals surface area contributed by atoms with Gasteiger partial charge < -0.3 is 20.1 Å². The lowest BCUT2D eigenvalue weighted by atomic mass is 10.2. The van der Waals surface area contributed by atoms with Crippen LogP contribution in [0.4, 0.5) is 27.6 Å². The van der Waals surface area contributed by atoms with Crippen molar-refractivity contribution in [3.05, 3.63) is 53.3 Å². The fourth-order valence-corrected chi connectivity index (χ4v) is 2.67. The van der Waals surface area contributed by atoms with Gasteiger partial charge in [-0.3, -0.25) is 14.5 Å². The lowest BCUT2D eigenvalue weighted by molar-refractivity contribution is -0.124. The second-order valence-electron chi connectivity index (χ2n) is 6.58. The van der Waals surface area contributed by atoms with Crippen molar-refractivity contribution in [1.29, 1.82) is 0 Å². The van der Waals surface area contributed by atoms with E-state index in [2.05, 4.69) is 10.1 Å². The molecular weight excluding hydrogens is 441 g/mol. The molecule has 0 aromatic heterocycles. The van der Waals surface area contributed by atoms with Crippen LogP contribution >= 0.6 is 0 Å². The fourth-order valence-electron chi connectivity index (χ4n) is 2.67. The molecule has 174 valence electrons. The molecule has 0 bridgehead atoms. The summed E-state index contributed by atoms with van der Waals surface area (Å²) >= 11 is 0. The summed E-state index contributed by atoms with van der Waals surface area (Å²) in [6.07, 6.45) is 0. The molecule has 0 unspecified atom stereocenters. The highest BCUT2D eigenvalue weighted by Gasteiger charge is 2.16. The number of hydrogen-bond donors (Lipinski definition) is 2. The average Bonchev–Trinajstić information content (AvgIpc) is 2.73. The molecule has 12 heteroatoms. The quantitative estimate of drug-likeness (QED) is 0.420. The number of methoxy groups -OCH3 is 1. The summed E-state index contributed by atoms with van der Waals surface area (Å²) in [4.78, 5) is 25.4. The number of hydrogen-bond acceptors (Lipinski definition) is 5. The first-order valence-corrected chi connectivity index (χ1v) is 9.11. The number of nitrogens with one attached hydrogen (secondary N) is 2. The lowest BCUT2D eigenvalue weighted by Gasteiger charge is -2.18. The number of amides is 2. The molecule has 2 N–H and O–H groups in total. The third-order valence-corrected chi connectivity index (χ3v) is 4.07. The highest BCUT2D eigenvalue weighted by Crippen LogP contribution is 2.29.